The number of rotatable bonds is 5. The van der Waals surface area contributed by atoms with Crippen LogP contribution in [0, 0.1) is 11.7 Å². The molecule has 1 aliphatic carbocycles. The molecule has 3 rings (SSSR count). The van der Waals surface area contributed by atoms with Crippen LogP contribution in [0.1, 0.15) is 52.0 Å². The van der Waals surface area contributed by atoms with Gasteiger partial charge in [-0.1, -0.05) is 26.8 Å². The highest BCUT2D eigenvalue weighted by Gasteiger charge is 2.41. The summed E-state index contributed by atoms with van der Waals surface area (Å²) >= 11 is 0. The number of ether oxygens (including phenoxy) is 1. The average molecular weight is 455 g/mol. The Labute approximate surface area is 184 Å². The third kappa shape index (κ3) is 5.72. The van der Waals surface area contributed by atoms with Gasteiger partial charge in [-0.2, -0.15) is 0 Å². The SMILES string of the molecule is CC(C)(C)c1ccc(NC(=O)C(NC(=O)[C@@H]2CNC(=O)O2)C2CCC(F)(F)CC2)cc1F. The molecule has 0 spiro atoms. The van der Waals surface area contributed by atoms with Crippen LogP contribution < -0.4 is 16.0 Å². The number of cyclic esters (lactones) is 1. The van der Waals surface area contributed by atoms with Gasteiger partial charge in [0.05, 0.1) is 6.54 Å². The second kappa shape index (κ2) is 8.99. The molecule has 0 radical (unpaired) electrons. The summed E-state index contributed by atoms with van der Waals surface area (Å²) in [4.78, 5) is 36.8. The Hall–Kier alpha value is -2.78. The van der Waals surface area contributed by atoms with E-state index in [1.807, 2.05) is 20.8 Å². The maximum Gasteiger partial charge on any atom is 0.408 e. The monoisotopic (exact) mass is 455 g/mol. The quantitative estimate of drug-likeness (QED) is 0.633. The van der Waals surface area contributed by atoms with Crippen molar-refractivity contribution in [1.29, 1.82) is 0 Å². The van der Waals surface area contributed by atoms with Gasteiger partial charge in [0.1, 0.15) is 11.9 Å². The van der Waals surface area contributed by atoms with Gasteiger partial charge < -0.3 is 20.7 Å². The third-order valence-electron chi connectivity index (χ3n) is 5.83. The molecule has 1 unspecified atom stereocenters. The summed E-state index contributed by atoms with van der Waals surface area (Å²) in [6.07, 6.45) is -2.60. The van der Waals surface area contributed by atoms with Crippen molar-refractivity contribution in [2.75, 3.05) is 11.9 Å². The molecule has 2 atom stereocenters. The van der Waals surface area contributed by atoms with Crippen LogP contribution in [0.4, 0.5) is 23.7 Å². The second-order valence-electron chi connectivity index (χ2n) is 9.39. The summed E-state index contributed by atoms with van der Waals surface area (Å²) in [6, 6.07) is 3.18. The van der Waals surface area contributed by atoms with E-state index in [9.17, 15) is 27.6 Å². The molecule has 1 aliphatic heterocycles. The molecular weight excluding hydrogens is 427 g/mol. The lowest BCUT2D eigenvalue weighted by molar-refractivity contribution is -0.133. The summed E-state index contributed by atoms with van der Waals surface area (Å²) in [6.45, 7) is 5.53. The molecular formula is C22H28F3N3O4. The summed E-state index contributed by atoms with van der Waals surface area (Å²) in [5, 5.41) is 7.46. The van der Waals surface area contributed by atoms with Crippen molar-refractivity contribution >= 4 is 23.6 Å². The van der Waals surface area contributed by atoms with E-state index in [-0.39, 0.29) is 25.1 Å². The Morgan fingerprint density at radius 3 is 2.41 bits per heavy atom. The van der Waals surface area contributed by atoms with Crippen molar-refractivity contribution in [1.82, 2.24) is 10.6 Å². The maximum atomic E-state index is 14.5. The Morgan fingerprint density at radius 2 is 1.88 bits per heavy atom. The molecule has 2 fully saturated rings. The van der Waals surface area contributed by atoms with Gasteiger partial charge in [-0.15, -0.1) is 0 Å². The maximum absolute atomic E-state index is 14.5. The van der Waals surface area contributed by atoms with E-state index in [0.717, 1.165) is 0 Å². The topological polar surface area (TPSA) is 96.5 Å². The third-order valence-corrected chi connectivity index (χ3v) is 5.83. The fraction of sp³-hybridized carbons (Fsp3) is 0.591. The highest BCUT2D eigenvalue weighted by atomic mass is 19.3. The van der Waals surface area contributed by atoms with Gasteiger partial charge in [-0.25, -0.2) is 18.0 Å². The molecule has 1 aromatic carbocycles. The van der Waals surface area contributed by atoms with Crippen LogP contribution >= 0.6 is 0 Å². The van der Waals surface area contributed by atoms with E-state index in [1.54, 1.807) is 12.1 Å². The molecule has 32 heavy (non-hydrogen) atoms. The van der Waals surface area contributed by atoms with E-state index in [2.05, 4.69) is 16.0 Å². The first-order valence-electron chi connectivity index (χ1n) is 10.6. The molecule has 3 N–H and O–H groups in total. The standard InChI is InChI=1S/C22H28F3N3O4/c1-21(2,3)14-5-4-13(10-15(14)23)27-19(30)17(12-6-8-22(24,25)9-7-12)28-18(29)16-11-26-20(31)32-16/h4-5,10,12,16-17H,6-9,11H2,1-3H3,(H,26,31)(H,27,30)(H,28,29)/t16-,17?/m0/s1. The van der Waals surface area contributed by atoms with Crippen molar-refractivity contribution in [3.05, 3.63) is 29.6 Å². The van der Waals surface area contributed by atoms with Gasteiger partial charge in [-0.3, -0.25) is 9.59 Å². The Kier molecular flexibility index (Phi) is 6.71. The minimum absolute atomic E-state index is 0.0331. The van der Waals surface area contributed by atoms with E-state index in [1.165, 1.54) is 6.07 Å². The number of halogens is 3. The van der Waals surface area contributed by atoms with Crippen molar-refractivity contribution in [2.45, 2.75) is 69.9 Å². The van der Waals surface area contributed by atoms with Crippen molar-refractivity contribution in [3.63, 3.8) is 0 Å². The van der Waals surface area contributed by atoms with Crippen LogP contribution in [0.25, 0.3) is 0 Å². The van der Waals surface area contributed by atoms with Gasteiger partial charge in [-0.05, 0) is 41.9 Å². The molecule has 1 aromatic rings. The van der Waals surface area contributed by atoms with Crippen LogP contribution in [0.5, 0.6) is 0 Å². The largest absolute Gasteiger partial charge is 0.434 e. The predicted octanol–water partition coefficient (Wildman–Crippen LogP) is 3.48. The number of alkyl halides is 2. The number of carbonyl (C=O) groups excluding carboxylic acids is 3. The first-order valence-corrected chi connectivity index (χ1v) is 10.6. The molecule has 1 saturated heterocycles. The molecule has 2 aliphatic rings. The number of amides is 3. The summed E-state index contributed by atoms with van der Waals surface area (Å²) < 4.78 is 46.6. The molecule has 0 aromatic heterocycles. The molecule has 10 heteroatoms. The molecule has 1 saturated carbocycles. The van der Waals surface area contributed by atoms with Crippen LogP contribution in [0.15, 0.2) is 18.2 Å². The lowest BCUT2D eigenvalue weighted by Gasteiger charge is -2.33. The fourth-order valence-electron chi connectivity index (χ4n) is 4.00. The predicted molar refractivity (Wildman–Crippen MR) is 111 cm³/mol. The van der Waals surface area contributed by atoms with E-state index < -0.39 is 66.0 Å². The minimum Gasteiger partial charge on any atom is -0.434 e. The van der Waals surface area contributed by atoms with Gasteiger partial charge in [0, 0.05) is 18.5 Å². The lowest BCUT2D eigenvalue weighted by Crippen LogP contribution is -2.53. The Morgan fingerprint density at radius 1 is 1.22 bits per heavy atom. The van der Waals surface area contributed by atoms with Crippen LogP contribution in [0.2, 0.25) is 0 Å². The highest BCUT2D eigenvalue weighted by molar-refractivity contribution is 5.98. The zero-order chi connectivity index (χ0) is 23.7. The lowest BCUT2D eigenvalue weighted by atomic mass is 9.81. The van der Waals surface area contributed by atoms with Gasteiger partial charge in [0.2, 0.25) is 11.8 Å². The van der Waals surface area contributed by atoms with E-state index >= 15 is 0 Å². The second-order valence-corrected chi connectivity index (χ2v) is 9.39. The number of hydrogen-bond acceptors (Lipinski definition) is 4. The first kappa shape index (κ1) is 23.9. The number of carbonyl (C=O) groups is 3. The van der Waals surface area contributed by atoms with Gasteiger partial charge in [0.15, 0.2) is 6.10 Å². The van der Waals surface area contributed by atoms with E-state index in [4.69, 9.17) is 4.74 Å². The highest BCUT2D eigenvalue weighted by Crippen LogP contribution is 2.38. The minimum atomic E-state index is -2.81. The number of nitrogens with one attached hydrogen (secondary N) is 3. The first-order chi connectivity index (χ1) is 14.9. The van der Waals surface area contributed by atoms with Crippen LogP contribution in [-0.2, 0) is 19.7 Å². The van der Waals surface area contributed by atoms with Gasteiger partial charge in [0.25, 0.3) is 5.91 Å². The Bertz CT molecular complexity index is 891. The smallest absolute Gasteiger partial charge is 0.408 e. The number of benzene rings is 1. The van der Waals surface area contributed by atoms with Crippen molar-refractivity contribution < 1.29 is 32.3 Å². The zero-order valence-electron chi connectivity index (χ0n) is 18.3. The van der Waals surface area contributed by atoms with Crippen molar-refractivity contribution in [3.8, 4) is 0 Å². The number of alkyl carbamates (subject to hydrolysis) is 1. The zero-order valence-corrected chi connectivity index (χ0v) is 18.3. The fourth-order valence-corrected chi connectivity index (χ4v) is 4.00. The molecule has 7 nitrogen and oxygen atoms in total. The molecule has 176 valence electrons. The Balaban J connectivity index is 1.76. The number of hydrogen-bond donors (Lipinski definition) is 3. The van der Waals surface area contributed by atoms with Crippen LogP contribution in [0.3, 0.4) is 0 Å². The summed E-state index contributed by atoms with van der Waals surface area (Å²) in [7, 11) is 0. The van der Waals surface area contributed by atoms with Crippen LogP contribution in [-0.4, -0.2) is 42.5 Å². The molecule has 1 heterocycles. The average Bonchev–Trinajstić information content (AvgIpc) is 3.12. The summed E-state index contributed by atoms with van der Waals surface area (Å²) in [5.74, 6) is -5.18. The van der Waals surface area contributed by atoms with E-state index in [0.29, 0.717) is 5.56 Å². The van der Waals surface area contributed by atoms with Gasteiger partial charge >= 0.3 is 6.09 Å². The summed E-state index contributed by atoms with van der Waals surface area (Å²) in [5.41, 5.74) is 0.240. The molecule has 0 bridgehead atoms. The number of anilines is 1. The van der Waals surface area contributed by atoms with Crippen molar-refractivity contribution in [2.24, 2.45) is 5.92 Å². The normalized spacial score (nSPS) is 21.9. The molecule has 3 amide bonds.